The van der Waals surface area contributed by atoms with Crippen LogP contribution in [0.2, 0.25) is 0 Å². The SMILES string of the molecule is CSCC[C@@H](NC(=O)Nc1ccc(C(C)C)cc1)C(=O)O. The highest BCUT2D eigenvalue weighted by atomic mass is 32.2. The number of urea groups is 1. The number of rotatable bonds is 7. The van der Waals surface area contributed by atoms with E-state index < -0.39 is 18.0 Å². The van der Waals surface area contributed by atoms with Crippen LogP contribution in [0.3, 0.4) is 0 Å². The fourth-order valence-corrected chi connectivity index (χ4v) is 2.24. The van der Waals surface area contributed by atoms with Crippen LogP contribution in [0.1, 0.15) is 31.7 Å². The summed E-state index contributed by atoms with van der Waals surface area (Å²) in [6, 6.07) is 6.15. The van der Waals surface area contributed by atoms with E-state index in [0.717, 1.165) is 0 Å². The first kappa shape index (κ1) is 17.4. The minimum Gasteiger partial charge on any atom is -0.480 e. The molecule has 0 unspecified atom stereocenters. The van der Waals surface area contributed by atoms with Gasteiger partial charge in [0.1, 0.15) is 6.04 Å². The minimum atomic E-state index is -1.02. The number of carboxylic acids is 1. The van der Waals surface area contributed by atoms with Crippen LogP contribution < -0.4 is 10.6 Å². The number of nitrogens with one attached hydrogen (secondary N) is 2. The first-order chi connectivity index (χ1) is 9.93. The number of anilines is 1. The van der Waals surface area contributed by atoms with Gasteiger partial charge in [0.2, 0.25) is 0 Å². The van der Waals surface area contributed by atoms with Gasteiger partial charge >= 0.3 is 12.0 Å². The standard InChI is InChI=1S/C15H22N2O3S/c1-10(2)11-4-6-12(7-5-11)16-15(20)17-13(14(18)19)8-9-21-3/h4-7,10,13H,8-9H2,1-3H3,(H,18,19)(H2,16,17,20)/t13-/m1/s1. The highest BCUT2D eigenvalue weighted by molar-refractivity contribution is 7.98. The van der Waals surface area contributed by atoms with Crippen molar-refractivity contribution in [3.63, 3.8) is 0 Å². The van der Waals surface area contributed by atoms with Gasteiger partial charge < -0.3 is 15.7 Å². The highest BCUT2D eigenvalue weighted by Gasteiger charge is 2.19. The number of carbonyl (C=O) groups excluding carboxylic acids is 1. The number of hydrogen-bond acceptors (Lipinski definition) is 3. The Kier molecular flexibility index (Phi) is 7.08. The molecule has 0 saturated heterocycles. The zero-order valence-electron chi connectivity index (χ0n) is 12.6. The molecule has 1 aromatic rings. The molecule has 0 spiro atoms. The van der Waals surface area contributed by atoms with Crippen LogP contribution in [0, 0.1) is 0 Å². The molecule has 1 aromatic carbocycles. The van der Waals surface area contributed by atoms with Crippen molar-refractivity contribution in [2.45, 2.75) is 32.2 Å². The zero-order valence-corrected chi connectivity index (χ0v) is 13.4. The number of aliphatic carboxylic acids is 1. The third kappa shape index (κ3) is 6.08. The van der Waals surface area contributed by atoms with Crippen molar-refractivity contribution in [1.29, 1.82) is 0 Å². The number of thioether (sulfide) groups is 1. The van der Waals surface area contributed by atoms with Crippen molar-refractivity contribution >= 4 is 29.4 Å². The Hall–Kier alpha value is -1.69. The molecule has 6 heteroatoms. The molecule has 0 bridgehead atoms. The molecular weight excluding hydrogens is 288 g/mol. The van der Waals surface area contributed by atoms with E-state index >= 15 is 0 Å². The topological polar surface area (TPSA) is 78.4 Å². The molecule has 5 nitrogen and oxygen atoms in total. The number of amides is 2. The van der Waals surface area contributed by atoms with Gasteiger partial charge in [0.25, 0.3) is 0 Å². The number of benzene rings is 1. The van der Waals surface area contributed by atoms with E-state index in [1.807, 2.05) is 30.5 Å². The van der Waals surface area contributed by atoms with Crippen LogP contribution in [-0.2, 0) is 4.79 Å². The minimum absolute atomic E-state index is 0.399. The van der Waals surface area contributed by atoms with Gasteiger partial charge in [-0.25, -0.2) is 9.59 Å². The summed E-state index contributed by atoms with van der Waals surface area (Å²) in [6.45, 7) is 4.19. The van der Waals surface area contributed by atoms with E-state index in [2.05, 4.69) is 24.5 Å². The fourth-order valence-electron chi connectivity index (χ4n) is 1.77. The molecule has 0 saturated carbocycles. The Balaban J connectivity index is 2.57. The summed E-state index contributed by atoms with van der Waals surface area (Å²) in [7, 11) is 0. The molecule has 0 aliphatic carbocycles. The van der Waals surface area contributed by atoms with E-state index in [4.69, 9.17) is 5.11 Å². The number of hydrogen-bond donors (Lipinski definition) is 3. The second-order valence-corrected chi connectivity index (χ2v) is 6.03. The second-order valence-electron chi connectivity index (χ2n) is 5.05. The molecular formula is C15H22N2O3S. The third-order valence-corrected chi connectivity index (χ3v) is 3.69. The van der Waals surface area contributed by atoms with E-state index in [1.165, 1.54) is 5.56 Å². The van der Waals surface area contributed by atoms with Crippen molar-refractivity contribution in [3.05, 3.63) is 29.8 Å². The van der Waals surface area contributed by atoms with Crippen molar-refractivity contribution in [1.82, 2.24) is 5.32 Å². The van der Waals surface area contributed by atoms with Crippen molar-refractivity contribution in [2.24, 2.45) is 0 Å². The van der Waals surface area contributed by atoms with Gasteiger partial charge in [0.15, 0.2) is 0 Å². The van der Waals surface area contributed by atoms with E-state index in [-0.39, 0.29) is 0 Å². The number of carboxylic acid groups (broad SMARTS) is 1. The highest BCUT2D eigenvalue weighted by Crippen LogP contribution is 2.17. The summed E-state index contributed by atoms with van der Waals surface area (Å²) in [4.78, 5) is 22.9. The smallest absolute Gasteiger partial charge is 0.326 e. The summed E-state index contributed by atoms with van der Waals surface area (Å²) < 4.78 is 0. The van der Waals surface area contributed by atoms with Gasteiger partial charge in [-0.2, -0.15) is 11.8 Å². The Morgan fingerprint density at radius 3 is 2.33 bits per heavy atom. The first-order valence-corrected chi connectivity index (χ1v) is 8.22. The van der Waals surface area contributed by atoms with E-state index in [1.54, 1.807) is 11.8 Å². The van der Waals surface area contributed by atoms with Gasteiger partial charge in [-0.05, 0) is 42.0 Å². The fraction of sp³-hybridized carbons (Fsp3) is 0.467. The van der Waals surface area contributed by atoms with Gasteiger partial charge in [0.05, 0.1) is 0 Å². The van der Waals surface area contributed by atoms with Gasteiger partial charge in [-0.3, -0.25) is 0 Å². The number of carbonyl (C=O) groups is 2. The lowest BCUT2D eigenvalue weighted by Gasteiger charge is -2.15. The van der Waals surface area contributed by atoms with Crippen LogP contribution in [0.4, 0.5) is 10.5 Å². The Morgan fingerprint density at radius 1 is 1.24 bits per heavy atom. The lowest BCUT2D eigenvalue weighted by Crippen LogP contribution is -2.43. The molecule has 0 aliphatic rings. The van der Waals surface area contributed by atoms with Crippen LogP contribution in [0.15, 0.2) is 24.3 Å². The summed E-state index contributed by atoms with van der Waals surface area (Å²) in [5, 5.41) is 14.2. The largest absolute Gasteiger partial charge is 0.480 e. The van der Waals surface area contributed by atoms with E-state index in [0.29, 0.717) is 23.8 Å². The quantitative estimate of drug-likeness (QED) is 0.723. The summed E-state index contributed by atoms with van der Waals surface area (Å²) in [5.74, 6) is 0.0884. The summed E-state index contributed by atoms with van der Waals surface area (Å²) >= 11 is 1.55. The van der Waals surface area contributed by atoms with Gasteiger partial charge in [0, 0.05) is 5.69 Å². The van der Waals surface area contributed by atoms with Crippen molar-refractivity contribution < 1.29 is 14.7 Å². The molecule has 1 rings (SSSR count). The van der Waals surface area contributed by atoms with Crippen molar-refractivity contribution in [2.75, 3.05) is 17.3 Å². The molecule has 3 N–H and O–H groups in total. The molecule has 2 amide bonds. The Morgan fingerprint density at radius 2 is 1.86 bits per heavy atom. The van der Waals surface area contributed by atoms with Gasteiger partial charge in [-0.1, -0.05) is 26.0 Å². The lowest BCUT2D eigenvalue weighted by molar-refractivity contribution is -0.139. The molecule has 21 heavy (non-hydrogen) atoms. The van der Waals surface area contributed by atoms with Gasteiger partial charge in [-0.15, -0.1) is 0 Å². The van der Waals surface area contributed by atoms with Crippen LogP contribution >= 0.6 is 11.8 Å². The van der Waals surface area contributed by atoms with Crippen LogP contribution in [0.25, 0.3) is 0 Å². The molecule has 116 valence electrons. The molecule has 0 fully saturated rings. The van der Waals surface area contributed by atoms with Crippen LogP contribution in [0.5, 0.6) is 0 Å². The summed E-state index contributed by atoms with van der Waals surface area (Å²) in [6.07, 6.45) is 2.30. The lowest BCUT2D eigenvalue weighted by atomic mass is 10.0. The monoisotopic (exact) mass is 310 g/mol. The Labute approximate surface area is 129 Å². The third-order valence-electron chi connectivity index (χ3n) is 3.05. The van der Waals surface area contributed by atoms with Crippen molar-refractivity contribution in [3.8, 4) is 0 Å². The predicted molar refractivity (Wildman–Crippen MR) is 87.1 cm³/mol. The maximum Gasteiger partial charge on any atom is 0.326 e. The predicted octanol–water partition coefficient (Wildman–Crippen LogP) is 3.14. The maximum atomic E-state index is 11.8. The maximum absolute atomic E-state index is 11.8. The normalized spacial score (nSPS) is 12.0. The molecule has 0 radical (unpaired) electrons. The second kappa shape index (κ2) is 8.56. The van der Waals surface area contributed by atoms with E-state index in [9.17, 15) is 9.59 Å². The molecule has 0 aromatic heterocycles. The average Bonchev–Trinajstić information content (AvgIpc) is 2.43. The first-order valence-electron chi connectivity index (χ1n) is 6.83. The summed E-state index contributed by atoms with van der Waals surface area (Å²) in [5.41, 5.74) is 1.83. The molecule has 1 atom stereocenters. The van der Waals surface area contributed by atoms with Crippen LogP contribution in [-0.4, -0.2) is 35.2 Å². The molecule has 0 aliphatic heterocycles. The average molecular weight is 310 g/mol. The Bertz CT molecular complexity index is 474. The zero-order chi connectivity index (χ0) is 15.8. The molecule has 0 heterocycles.